The molecule has 7 aromatic rings. The van der Waals surface area contributed by atoms with Crippen molar-refractivity contribution in [1.29, 1.82) is 0 Å². The van der Waals surface area contributed by atoms with Gasteiger partial charge in [-0.05, 0) is 121 Å². The highest BCUT2D eigenvalue weighted by Gasteiger charge is 2.41. The molecule has 7 aromatic carbocycles. The van der Waals surface area contributed by atoms with Crippen LogP contribution in [0.5, 0.6) is 0 Å². The van der Waals surface area contributed by atoms with E-state index in [0.717, 1.165) is 19.3 Å². The maximum absolute atomic E-state index is 2.53. The lowest BCUT2D eigenvalue weighted by molar-refractivity contribution is 1.10. The minimum atomic E-state index is 0.380. The lowest BCUT2D eigenvalue weighted by Gasteiger charge is -2.39. The number of hydrogen-bond acceptors (Lipinski definition) is 0. The first-order chi connectivity index (χ1) is 23.2. The van der Waals surface area contributed by atoms with Crippen LogP contribution < -0.4 is 16.4 Å². The molecule has 0 saturated heterocycles. The van der Waals surface area contributed by atoms with Crippen molar-refractivity contribution in [2.45, 2.75) is 26.2 Å². The van der Waals surface area contributed by atoms with Crippen molar-refractivity contribution in [2.24, 2.45) is 0 Å². The summed E-state index contributed by atoms with van der Waals surface area (Å²) in [6, 6.07) is 51.3. The van der Waals surface area contributed by atoms with E-state index in [2.05, 4.69) is 140 Å². The van der Waals surface area contributed by atoms with Crippen molar-refractivity contribution in [1.82, 2.24) is 0 Å². The predicted molar refractivity (Wildman–Crippen MR) is 198 cm³/mol. The van der Waals surface area contributed by atoms with Gasteiger partial charge in [0.25, 0.3) is 0 Å². The summed E-state index contributed by atoms with van der Waals surface area (Å²) in [5, 5.41) is 0. The summed E-state index contributed by atoms with van der Waals surface area (Å²) in [7, 11) is 0. The second-order valence-corrected chi connectivity index (χ2v) is 14.1. The Bertz CT molecular complexity index is 2430. The third-order valence-corrected chi connectivity index (χ3v) is 11.5. The summed E-state index contributed by atoms with van der Waals surface area (Å²) in [4.78, 5) is 0. The number of aryl methyl sites for hydroxylation is 1. The van der Waals surface area contributed by atoms with Crippen LogP contribution in [0.2, 0.25) is 0 Å². The van der Waals surface area contributed by atoms with Gasteiger partial charge in [0.15, 0.2) is 0 Å². The fourth-order valence-electron chi connectivity index (χ4n) is 9.55. The number of hydrogen-bond donors (Lipinski definition) is 0. The molecule has 3 heterocycles. The van der Waals surface area contributed by atoms with Crippen LogP contribution in [-0.2, 0) is 19.3 Å². The van der Waals surface area contributed by atoms with E-state index in [9.17, 15) is 0 Å². The molecule has 4 aliphatic rings. The smallest absolute Gasteiger partial charge is 0.0617 e. The Morgan fingerprint density at radius 2 is 0.766 bits per heavy atom. The third-order valence-electron chi connectivity index (χ3n) is 11.5. The molecule has 0 atom stereocenters. The first kappa shape index (κ1) is 25.8. The molecule has 1 aliphatic carbocycles. The van der Waals surface area contributed by atoms with Crippen LogP contribution in [-0.4, -0.2) is 6.71 Å². The van der Waals surface area contributed by atoms with Crippen molar-refractivity contribution in [3.63, 3.8) is 0 Å². The number of benzene rings is 7. The molecule has 0 amide bonds. The van der Waals surface area contributed by atoms with Gasteiger partial charge in [-0.25, -0.2) is 0 Å². The van der Waals surface area contributed by atoms with Crippen LogP contribution in [0.25, 0.3) is 55.6 Å². The molecule has 0 aromatic heterocycles. The normalized spacial score (nSPS) is 13.8. The molecule has 0 fully saturated rings. The zero-order chi connectivity index (χ0) is 30.8. The summed E-state index contributed by atoms with van der Waals surface area (Å²) >= 11 is 0. The molecule has 47 heavy (non-hydrogen) atoms. The maximum Gasteiger partial charge on any atom is 0.243 e. The first-order valence-electron chi connectivity index (χ1n) is 17.0. The van der Waals surface area contributed by atoms with Crippen LogP contribution >= 0.6 is 0 Å². The van der Waals surface area contributed by atoms with E-state index in [1.165, 1.54) is 94.6 Å². The summed E-state index contributed by atoms with van der Waals surface area (Å²) in [5.74, 6) is 0. The van der Waals surface area contributed by atoms with Crippen LogP contribution in [0.15, 0.2) is 133 Å². The third kappa shape index (κ3) is 3.55. The van der Waals surface area contributed by atoms with Gasteiger partial charge in [0.1, 0.15) is 0 Å². The molecule has 3 aliphatic heterocycles. The molecule has 218 valence electrons. The van der Waals surface area contributed by atoms with Crippen LogP contribution in [0.4, 0.5) is 0 Å². The molecule has 0 radical (unpaired) electrons. The summed E-state index contributed by atoms with van der Waals surface area (Å²) in [6.07, 6.45) is 3.10. The Balaban J connectivity index is 1.14. The molecule has 11 rings (SSSR count). The summed E-state index contributed by atoms with van der Waals surface area (Å²) in [5.41, 5.74) is 28.2. The van der Waals surface area contributed by atoms with Gasteiger partial charge in [-0.15, -0.1) is 0 Å². The SMILES string of the molecule is Cc1ccc2c(c1)-c1ccccc1-c1ccc(-c3cc4c5c(c3)Cc3cccc6c3B5c3c(cccc3C4)C6)cc1-c1ccccc1-2. The average molecular weight is 595 g/mol. The van der Waals surface area contributed by atoms with Crippen LogP contribution in [0.1, 0.15) is 38.9 Å². The molecule has 1 heteroatoms. The van der Waals surface area contributed by atoms with Crippen molar-refractivity contribution < 1.29 is 0 Å². The highest BCUT2D eigenvalue weighted by atomic mass is 14.3. The second-order valence-electron chi connectivity index (χ2n) is 14.1. The standard InChI is InChI=1S/C46H31B/c1-27-16-18-40-37-13-3-5-15-39(37)43-26-28(17-19-41(43)36-12-2-4-14-38(36)42(40)20-27)33-24-34-22-31-10-6-8-29-21-30-9-7-11-32-23-35(25-33)46(34)47(44(29)31)45(30)32/h2-20,24-26H,21-23H2,1H3. The minimum absolute atomic E-state index is 0.380. The van der Waals surface area contributed by atoms with Crippen molar-refractivity contribution in [3.05, 3.63) is 172 Å². The molecule has 0 nitrogen and oxygen atoms in total. The van der Waals surface area contributed by atoms with Gasteiger partial charge in [-0.2, -0.15) is 0 Å². The van der Waals surface area contributed by atoms with Crippen LogP contribution in [0, 0.1) is 6.92 Å². The molecule has 0 bridgehead atoms. The number of fused-ring (bicyclic) bond motifs is 8. The molecule has 0 spiro atoms. The monoisotopic (exact) mass is 594 g/mol. The Morgan fingerprint density at radius 3 is 1.32 bits per heavy atom. The Labute approximate surface area is 276 Å². The van der Waals surface area contributed by atoms with E-state index in [-0.39, 0.29) is 0 Å². The maximum atomic E-state index is 2.53. The van der Waals surface area contributed by atoms with E-state index < -0.39 is 0 Å². The fourth-order valence-corrected chi connectivity index (χ4v) is 9.55. The van der Waals surface area contributed by atoms with Gasteiger partial charge in [0, 0.05) is 0 Å². The molecule has 0 N–H and O–H groups in total. The zero-order valence-corrected chi connectivity index (χ0v) is 26.4. The highest BCUT2D eigenvalue weighted by molar-refractivity contribution is 6.98. The zero-order valence-electron chi connectivity index (χ0n) is 26.4. The quantitative estimate of drug-likeness (QED) is 0.167. The van der Waals surface area contributed by atoms with Gasteiger partial charge >= 0.3 is 0 Å². The van der Waals surface area contributed by atoms with Gasteiger partial charge < -0.3 is 0 Å². The lowest BCUT2D eigenvalue weighted by atomic mass is 9.28. The van der Waals surface area contributed by atoms with Crippen molar-refractivity contribution in [3.8, 4) is 55.6 Å². The largest absolute Gasteiger partial charge is 0.243 e. The summed E-state index contributed by atoms with van der Waals surface area (Å²) < 4.78 is 0. The van der Waals surface area contributed by atoms with E-state index in [1.54, 1.807) is 16.4 Å². The molecule has 0 unspecified atom stereocenters. The highest BCUT2D eigenvalue weighted by Crippen LogP contribution is 2.48. The van der Waals surface area contributed by atoms with E-state index >= 15 is 0 Å². The van der Waals surface area contributed by atoms with Gasteiger partial charge in [0.05, 0.1) is 0 Å². The van der Waals surface area contributed by atoms with Gasteiger partial charge in [-0.3, -0.25) is 0 Å². The van der Waals surface area contributed by atoms with Gasteiger partial charge in [-0.1, -0.05) is 149 Å². The van der Waals surface area contributed by atoms with E-state index in [0.29, 0.717) is 6.71 Å². The minimum Gasteiger partial charge on any atom is -0.0617 e. The lowest BCUT2D eigenvalue weighted by Crippen LogP contribution is -2.64. The topological polar surface area (TPSA) is 0 Å². The van der Waals surface area contributed by atoms with E-state index in [4.69, 9.17) is 0 Å². The van der Waals surface area contributed by atoms with Crippen molar-refractivity contribution in [2.75, 3.05) is 0 Å². The van der Waals surface area contributed by atoms with Crippen molar-refractivity contribution >= 4 is 23.1 Å². The van der Waals surface area contributed by atoms with Gasteiger partial charge in [0.2, 0.25) is 6.71 Å². The predicted octanol–water partition coefficient (Wildman–Crippen LogP) is 8.87. The average Bonchev–Trinajstić information content (AvgIpc) is 3.11. The Hall–Kier alpha value is -5.40. The molecular weight excluding hydrogens is 563 g/mol. The van der Waals surface area contributed by atoms with Crippen LogP contribution in [0.3, 0.4) is 0 Å². The summed E-state index contributed by atoms with van der Waals surface area (Å²) in [6.45, 7) is 2.58. The Morgan fingerprint density at radius 1 is 0.340 bits per heavy atom. The first-order valence-corrected chi connectivity index (χ1v) is 17.0. The molecule has 0 saturated carbocycles. The Kier molecular flexibility index (Phi) is 5.12. The fraction of sp³-hybridized carbons (Fsp3) is 0.0870. The second kappa shape index (κ2) is 9.33. The van der Waals surface area contributed by atoms with E-state index in [1.807, 2.05) is 0 Å². The molecular formula is C46H31B. The number of rotatable bonds is 1.